The van der Waals surface area contributed by atoms with Crippen LogP contribution in [0.4, 0.5) is 0 Å². The zero-order valence-corrected chi connectivity index (χ0v) is 14.2. The number of likely N-dealkylation sites (N-methyl/N-ethyl adjacent to an activating group) is 1. The summed E-state index contributed by atoms with van der Waals surface area (Å²) in [4.78, 5) is 21.1. The molecule has 1 fully saturated rings. The molecule has 0 radical (unpaired) electrons. The van der Waals surface area contributed by atoms with Crippen LogP contribution in [0.25, 0.3) is 0 Å². The number of ether oxygens (including phenoxy) is 1. The summed E-state index contributed by atoms with van der Waals surface area (Å²) in [6.07, 6.45) is 5.34. The molecule has 124 valence electrons. The van der Waals surface area contributed by atoms with E-state index in [0.29, 0.717) is 19.6 Å². The third kappa shape index (κ3) is 4.30. The number of amides is 1. The summed E-state index contributed by atoms with van der Waals surface area (Å²) >= 11 is 0. The lowest BCUT2D eigenvalue weighted by Crippen LogP contribution is -2.49. The molecule has 6 heteroatoms. The van der Waals surface area contributed by atoms with Gasteiger partial charge in [0.15, 0.2) is 0 Å². The molecule has 0 saturated carbocycles. The molecule has 1 amide bonds. The van der Waals surface area contributed by atoms with E-state index in [1.54, 1.807) is 0 Å². The number of nitrogens with zero attached hydrogens (tertiary/aromatic N) is 4. The number of hydrogen-bond donors (Lipinski definition) is 0. The summed E-state index contributed by atoms with van der Waals surface area (Å²) in [5.74, 6) is 1.24. The van der Waals surface area contributed by atoms with E-state index < -0.39 is 0 Å². The number of piperazine rings is 1. The highest BCUT2D eigenvalue weighted by Gasteiger charge is 2.30. The maximum Gasteiger partial charge on any atom is 0.222 e. The van der Waals surface area contributed by atoms with E-state index in [1.165, 1.54) is 0 Å². The number of rotatable bonds is 6. The summed E-state index contributed by atoms with van der Waals surface area (Å²) in [7, 11) is 4.10. The lowest BCUT2D eigenvalue weighted by atomic mass is 10.1. The maximum atomic E-state index is 12.4. The van der Waals surface area contributed by atoms with Gasteiger partial charge < -0.3 is 14.2 Å². The number of aromatic nitrogens is 2. The Morgan fingerprint density at radius 3 is 2.82 bits per heavy atom. The molecule has 0 unspecified atom stereocenters. The molecule has 1 aromatic heterocycles. The SMILES string of the molecule is CC(C)OCCCC(=O)N1CCN(C)[C@H](c2nccn2C)C1. The Bertz CT molecular complexity index is 486. The number of carbonyl (C=O) groups excluding carboxylic acids is 1. The molecule has 1 aliphatic heterocycles. The summed E-state index contributed by atoms with van der Waals surface area (Å²) in [5.41, 5.74) is 0. The van der Waals surface area contributed by atoms with Gasteiger partial charge in [-0.2, -0.15) is 0 Å². The summed E-state index contributed by atoms with van der Waals surface area (Å²) in [6.45, 7) is 7.07. The number of carbonyl (C=O) groups is 1. The van der Waals surface area contributed by atoms with E-state index in [2.05, 4.69) is 16.9 Å². The molecule has 22 heavy (non-hydrogen) atoms. The lowest BCUT2D eigenvalue weighted by molar-refractivity contribution is -0.134. The second-order valence-electron chi connectivity index (χ2n) is 6.26. The highest BCUT2D eigenvalue weighted by atomic mass is 16.5. The molecule has 1 aromatic rings. The molecule has 2 heterocycles. The molecule has 0 spiro atoms. The van der Waals surface area contributed by atoms with Gasteiger partial charge in [-0.15, -0.1) is 0 Å². The molecule has 6 nitrogen and oxygen atoms in total. The van der Waals surface area contributed by atoms with Crippen LogP contribution in [-0.2, 0) is 16.6 Å². The largest absolute Gasteiger partial charge is 0.379 e. The van der Waals surface area contributed by atoms with E-state index in [9.17, 15) is 4.79 Å². The summed E-state index contributed by atoms with van der Waals surface area (Å²) < 4.78 is 7.53. The van der Waals surface area contributed by atoms with E-state index in [1.807, 2.05) is 42.8 Å². The van der Waals surface area contributed by atoms with Crippen LogP contribution in [0, 0.1) is 0 Å². The minimum atomic E-state index is 0.171. The van der Waals surface area contributed by atoms with Gasteiger partial charge in [-0.25, -0.2) is 4.98 Å². The average Bonchev–Trinajstić information content (AvgIpc) is 2.89. The van der Waals surface area contributed by atoms with Crippen LogP contribution in [0.5, 0.6) is 0 Å². The second-order valence-corrected chi connectivity index (χ2v) is 6.26. The normalized spacial score (nSPS) is 19.9. The fourth-order valence-corrected chi connectivity index (χ4v) is 2.78. The van der Waals surface area contributed by atoms with E-state index in [4.69, 9.17) is 4.74 Å². The first kappa shape index (κ1) is 17.0. The first-order valence-electron chi connectivity index (χ1n) is 8.06. The molecule has 1 aliphatic rings. The second kappa shape index (κ2) is 7.74. The Morgan fingerprint density at radius 1 is 1.41 bits per heavy atom. The topological polar surface area (TPSA) is 50.6 Å². The van der Waals surface area contributed by atoms with Crippen molar-refractivity contribution >= 4 is 5.91 Å². The van der Waals surface area contributed by atoms with Gasteiger partial charge in [0.25, 0.3) is 0 Å². The van der Waals surface area contributed by atoms with Crippen molar-refractivity contribution in [2.24, 2.45) is 7.05 Å². The zero-order chi connectivity index (χ0) is 16.1. The molecule has 0 N–H and O–H groups in total. The molecule has 2 rings (SSSR count). The minimum Gasteiger partial charge on any atom is -0.379 e. The van der Waals surface area contributed by atoms with Crippen molar-refractivity contribution in [3.63, 3.8) is 0 Å². The minimum absolute atomic E-state index is 0.171. The van der Waals surface area contributed by atoms with Crippen LogP contribution in [0.15, 0.2) is 12.4 Å². The smallest absolute Gasteiger partial charge is 0.222 e. The van der Waals surface area contributed by atoms with Gasteiger partial charge in [-0.05, 0) is 27.3 Å². The molecule has 0 bridgehead atoms. The molecular weight excluding hydrogens is 280 g/mol. The van der Waals surface area contributed by atoms with Crippen molar-refractivity contribution < 1.29 is 9.53 Å². The predicted octanol–water partition coefficient (Wildman–Crippen LogP) is 1.44. The monoisotopic (exact) mass is 308 g/mol. The van der Waals surface area contributed by atoms with Gasteiger partial charge in [-0.3, -0.25) is 9.69 Å². The molecule has 1 saturated heterocycles. The van der Waals surface area contributed by atoms with Crippen molar-refractivity contribution in [2.45, 2.75) is 38.8 Å². The van der Waals surface area contributed by atoms with Crippen molar-refractivity contribution in [3.05, 3.63) is 18.2 Å². The molecule has 0 aliphatic carbocycles. The van der Waals surface area contributed by atoms with Crippen molar-refractivity contribution in [3.8, 4) is 0 Å². The van der Waals surface area contributed by atoms with E-state index in [0.717, 1.165) is 25.3 Å². The fraction of sp³-hybridized carbons (Fsp3) is 0.750. The van der Waals surface area contributed by atoms with Gasteiger partial charge in [0.05, 0.1) is 12.1 Å². The van der Waals surface area contributed by atoms with Crippen LogP contribution in [0.3, 0.4) is 0 Å². The summed E-state index contributed by atoms with van der Waals surface area (Å²) in [5, 5.41) is 0. The Hall–Kier alpha value is -1.40. The van der Waals surface area contributed by atoms with E-state index >= 15 is 0 Å². The Labute approximate surface area is 133 Å². The third-order valence-corrected chi connectivity index (χ3v) is 4.14. The van der Waals surface area contributed by atoms with Crippen LogP contribution < -0.4 is 0 Å². The highest BCUT2D eigenvalue weighted by molar-refractivity contribution is 5.76. The standard InChI is InChI=1S/C16H28N4O2/c1-13(2)22-11-5-6-15(21)20-10-9-18(3)14(12-20)16-17-7-8-19(16)4/h7-8,13-14H,5-6,9-12H2,1-4H3/t14-/m0/s1. The van der Waals surface area contributed by atoms with Gasteiger partial charge in [0, 0.05) is 52.1 Å². The molecule has 0 aromatic carbocycles. The Morgan fingerprint density at radius 2 is 2.18 bits per heavy atom. The number of hydrogen-bond acceptors (Lipinski definition) is 4. The van der Waals surface area contributed by atoms with Crippen LogP contribution in [-0.4, -0.2) is 64.7 Å². The number of imidazole rings is 1. The average molecular weight is 308 g/mol. The highest BCUT2D eigenvalue weighted by Crippen LogP contribution is 2.22. The van der Waals surface area contributed by atoms with Crippen molar-refractivity contribution in [2.75, 3.05) is 33.3 Å². The van der Waals surface area contributed by atoms with Crippen LogP contribution in [0.1, 0.15) is 38.6 Å². The molecular formula is C16H28N4O2. The first-order valence-corrected chi connectivity index (χ1v) is 8.06. The van der Waals surface area contributed by atoms with Crippen LogP contribution in [0.2, 0.25) is 0 Å². The maximum absolute atomic E-state index is 12.4. The fourth-order valence-electron chi connectivity index (χ4n) is 2.78. The van der Waals surface area contributed by atoms with Gasteiger partial charge >= 0.3 is 0 Å². The Kier molecular flexibility index (Phi) is 5.97. The Balaban J connectivity index is 1.87. The predicted molar refractivity (Wildman–Crippen MR) is 85.5 cm³/mol. The van der Waals surface area contributed by atoms with Gasteiger partial charge in [0.1, 0.15) is 5.82 Å². The first-order chi connectivity index (χ1) is 10.5. The summed E-state index contributed by atoms with van der Waals surface area (Å²) in [6, 6.07) is 0.171. The number of aryl methyl sites for hydroxylation is 1. The van der Waals surface area contributed by atoms with E-state index in [-0.39, 0.29) is 18.1 Å². The van der Waals surface area contributed by atoms with Gasteiger partial charge in [-0.1, -0.05) is 0 Å². The molecule has 1 atom stereocenters. The van der Waals surface area contributed by atoms with Crippen molar-refractivity contribution in [1.82, 2.24) is 19.4 Å². The lowest BCUT2D eigenvalue weighted by Gasteiger charge is -2.39. The third-order valence-electron chi connectivity index (χ3n) is 4.14. The zero-order valence-electron chi connectivity index (χ0n) is 14.2. The van der Waals surface area contributed by atoms with Gasteiger partial charge in [0.2, 0.25) is 5.91 Å². The van der Waals surface area contributed by atoms with Crippen molar-refractivity contribution in [1.29, 1.82) is 0 Å². The van der Waals surface area contributed by atoms with Crippen LogP contribution >= 0.6 is 0 Å². The quantitative estimate of drug-likeness (QED) is 0.746.